The van der Waals surface area contributed by atoms with Gasteiger partial charge in [-0.2, -0.15) is 0 Å². The highest BCUT2D eigenvalue weighted by molar-refractivity contribution is 14.1. The van der Waals surface area contributed by atoms with Crippen LogP contribution in [0.5, 0.6) is 0 Å². The Morgan fingerprint density at radius 3 is 3.00 bits per heavy atom. The van der Waals surface area contributed by atoms with Crippen LogP contribution in [0.15, 0.2) is 10.6 Å². The van der Waals surface area contributed by atoms with E-state index in [1.165, 1.54) is 0 Å². The second-order valence-electron chi connectivity index (χ2n) is 2.97. The Morgan fingerprint density at radius 2 is 2.43 bits per heavy atom. The number of hydrogen-bond acceptors (Lipinski definition) is 3. The quantitative estimate of drug-likeness (QED) is 0.514. The van der Waals surface area contributed by atoms with Gasteiger partial charge in [0, 0.05) is 12.6 Å². The number of carbonyl (C=O) groups excluding carboxylic acids is 1. The van der Waals surface area contributed by atoms with Crippen LogP contribution in [0, 0.1) is 6.92 Å². The van der Waals surface area contributed by atoms with Crippen molar-refractivity contribution in [1.29, 1.82) is 0 Å². The van der Waals surface area contributed by atoms with Gasteiger partial charge in [-0.15, -0.1) is 0 Å². The number of aromatic nitrogens is 1. The van der Waals surface area contributed by atoms with Crippen LogP contribution in [-0.2, 0) is 0 Å². The van der Waals surface area contributed by atoms with E-state index in [1.54, 1.807) is 13.0 Å². The fourth-order valence-corrected chi connectivity index (χ4v) is 1.52. The van der Waals surface area contributed by atoms with Gasteiger partial charge in [-0.25, -0.2) is 0 Å². The molecule has 1 N–H and O–H groups in total. The molecule has 0 unspecified atom stereocenters. The molecule has 0 aliphatic rings. The molecule has 0 aliphatic heterocycles. The average Bonchev–Trinajstić information content (AvgIpc) is 2.59. The Hall–Kier alpha value is -0.590. The lowest BCUT2D eigenvalue weighted by Crippen LogP contribution is -2.24. The van der Waals surface area contributed by atoms with Crippen LogP contribution in [-0.4, -0.2) is 22.0 Å². The number of amides is 1. The molecule has 0 aromatic carbocycles. The fourth-order valence-electron chi connectivity index (χ4n) is 0.985. The number of rotatable bonds is 5. The molecule has 1 heterocycles. The number of hydrogen-bond donors (Lipinski definition) is 1. The zero-order valence-electron chi connectivity index (χ0n) is 8.05. The number of nitrogens with zero attached hydrogens (tertiary/aromatic N) is 1. The molecule has 4 nitrogen and oxygen atoms in total. The summed E-state index contributed by atoms with van der Waals surface area (Å²) in [5.74, 6) is 0.498. The number of nitrogens with one attached hydrogen (secondary N) is 1. The van der Waals surface area contributed by atoms with Gasteiger partial charge >= 0.3 is 0 Å². The molecule has 1 aromatic rings. The first-order chi connectivity index (χ1) is 6.74. The minimum atomic E-state index is -0.157. The van der Waals surface area contributed by atoms with Gasteiger partial charge in [-0.05, 0) is 24.2 Å². The monoisotopic (exact) mass is 308 g/mol. The predicted molar refractivity (Wildman–Crippen MR) is 61.7 cm³/mol. The summed E-state index contributed by atoms with van der Waals surface area (Å²) < 4.78 is 5.92. The van der Waals surface area contributed by atoms with E-state index in [0.29, 0.717) is 18.0 Å². The number of alkyl halides is 1. The van der Waals surface area contributed by atoms with Crippen molar-refractivity contribution in [3.8, 4) is 0 Å². The third-order valence-electron chi connectivity index (χ3n) is 1.71. The van der Waals surface area contributed by atoms with E-state index < -0.39 is 0 Å². The summed E-state index contributed by atoms with van der Waals surface area (Å²) in [5.41, 5.74) is 0.358. The van der Waals surface area contributed by atoms with E-state index in [-0.39, 0.29) is 5.91 Å². The lowest BCUT2D eigenvalue weighted by Gasteiger charge is -2.00. The van der Waals surface area contributed by atoms with Crippen LogP contribution in [0.4, 0.5) is 0 Å². The molecule has 1 rings (SSSR count). The molecule has 0 atom stereocenters. The summed E-state index contributed by atoms with van der Waals surface area (Å²) in [7, 11) is 0. The van der Waals surface area contributed by atoms with Gasteiger partial charge in [0.15, 0.2) is 5.69 Å². The molecule has 0 aliphatic carbocycles. The third kappa shape index (κ3) is 3.65. The second-order valence-corrected chi connectivity index (χ2v) is 4.05. The maximum absolute atomic E-state index is 11.4. The van der Waals surface area contributed by atoms with Gasteiger partial charge < -0.3 is 9.84 Å². The van der Waals surface area contributed by atoms with Crippen LogP contribution in [0.3, 0.4) is 0 Å². The van der Waals surface area contributed by atoms with E-state index in [2.05, 4.69) is 33.1 Å². The van der Waals surface area contributed by atoms with Gasteiger partial charge in [0.1, 0.15) is 5.76 Å². The van der Waals surface area contributed by atoms with Gasteiger partial charge in [-0.3, -0.25) is 4.79 Å². The summed E-state index contributed by atoms with van der Waals surface area (Å²) in [5, 5.41) is 6.41. The zero-order valence-corrected chi connectivity index (χ0v) is 10.2. The summed E-state index contributed by atoms with van der Waals surface area (Å²) >= 11 is 2.32. The molecule has 0 saturated heterocycles. The summed E-state index contributed by atoms with van der Waals surface area (Å²) in [6, 6.07) is 1.63. The molecular weight excluding hydrogens is 295 g/mol. The van der Waals surface area contributed by atoms with E-state index in [4.69, 9.17) is 4.52 Å². The van der Waals surface area contributed by atoms with E-state index in [1.807, 2.05) is 0 Å². The predicted octanol–water partition coefficient (Wildman–Crippen LogP) is 1.93. The van der Waals surface area contributed by atoms with Crippen molar-refractivity contribution < 1.29 is 9.32 Å². The van der Waals surface area contributed by atoms with Gasteiger partial charge in [0.05, 0.1) is 0 Å². The average molecular weight is 308 g/mol. The summed E-state index contributed by atoms with van der Waals surface area (Å²) in [4.78, 5) is 11.4. The van der Waals surface area contributed by atoms with Crippen molar-refractivity contribution >= 4 is 28.5 Å². The second kappa shape index (κ2) is 6.00. The largest absolute Gasteiger partial charge is 0.361 e. The number of halogens is 1. The number of aryl methyl sites for hydroxylation is 1. The Morgan fingerprint density at radius 1 is 1.64 bits per heavy atom. The van der Waals surface area contributed by atoms with Gasteiger partial charge in [0.25, 0.3) is 5.91 Å². The first-order valence-corrected chi connectivity index (χ1v) is 6.04. The molecule has 5 heteroatoms. The van der Waals surface area contributed by atoms with Crippen molar-refractivity contribution in [2.24, 2.45) is 0 Å². The molecule has 78 valence electrons. The van der Waals surface area contributed by atoms with Crippen molar-refractivity contribution in [3.63, 3.8) is 0 Å². The van der Waals surface area contributed by atoms with Crippen molar-refractivity contribution in [1.82, 2.24) is 10.5 Å². The smallest absolute Gasteiger partial charge is 0.273 e. The minimum Gasteiger partial charge on any atom is -0.361 e. The third-order valence-corrected chi connectivity index (χ3v) is 2.47. The highest BCUT2D eigenvalue weighted by Gasteiger charge is 2.09. The van der Waals surface area contributed by atoms with Gasteiger partial charge in [0.2, 0.25) is 0 Å². The zero-order chi connectivity index (χ0) is 10.4. The Kier molecular flexibility index (Phi) is 4.92. The molecule has 14 heavy (non-hydrogen) atoms. The maximum atomic E-state index is 11.4. The van der Waals surface area contributed by atoms with E-state index >= 15 is 0 Å². The van der Waals surface area contributed by atoms with Crippen LogP contribution in [0.25, 0.3) is 0 Å². The van der Waals surface area contributed by atoms with Crippen molar-refractivity contribution in [2.75, 3.05) is 11.0 Å². The molecule has 1 amide bonds. The lowest BCUT2D eigenvalue weighted by atomic mass is 10.3. The minimum absolute atomic E-state index is 0.157. The van der Waals surface area contributed by atoms with Crippen LogP contribution < -0.4 is 5.32 Å². The van der Waals surface area contributed by atoms with Crippen LogP contribution >= 0.6 is 22.6 Å². The van der Waals surface area contributed by atoms with Crippen LogP contribution in [0.2, 0.25) is 0 Å². The molecule has 0 fully saturated rings. The summed E-state index contributed by atoms with van der Waals surface area (Å²) in [6.07, 6.45) is 2.13. The van der Waals surface area contributed by atoms with Gasteiger partial charge in [-0.1, -0.05) is 27.7 Å². The standard InChI is InChI=1S/C9H13IN2O2/c1-7-6-8(12-14-7)9(13)11-5-3-2-4-10/h6H,2-5H2,1H3,(H,11,13). The number of carbonyl (C=O) groups is 1. The lowest BCUT2D eigenvalue weighted by molar-refractivity contribution is 0.0944. The summed E-state index contributed by atoms with van der Waals surface area (Å²) in [6.45, 7) is 2.47. The molecular formula is C9H13IN2O2. The molecule has 0 radical (unpaired) electrons. The molecule has 0 saturated carbocycles. The normalized spacial score (nSPS) is 10.1. The highest BCUT2D eigenvalue weighted by Crippen LogP contribution is 2.01. The van der Waals surface area contributed by atoms with Crippen molar-refractivity contribution in [2.45, 2.75) is 19.8 Å². The molecule has 0 spiro atoms. The Balaban J connectivity index is 2.29. The molecule has 0 bridgehead atoms. The Labute approximate surface area is 96.6 Å². The highest BCUT2D eigenvalue weighted by atomic mass is 127. The topological polar surface area (TPSA) is 55.1 Å². The Bertz CT molecular complexity index is 299. The van der Waals surface area contributed by atoms with E-state index in [9.17, 15) is 4.79 Å². The molecule has 1 aromatic heterocycles. The first-order valence-electron chi connectivity index (χ1n) is 4.51. The SMILES string of the molecule is Cc1cc(C(=O)NCCCCI)no1. The number of unbranched alkanes of at least 4 members (excludes halogenated alkanes) is 1. The van der Waals surface area contributed by atoms with E-state index in [0.717, 1.165) is 17.3 Å². The maximum Gasteiger partial charge on any atom is 0.273 e. The van der Waals surface area contributed by atoms with Crippen LogP contribution in [0.1, 0.15) is 29.1 Å². The fraction of sp³-hybridized carbons (Fsp3) is 0.556. The van der Waals surface area contributed by atoms with Crippen molar-refractivity contribution in [3.05, 3.63) is 17.5 Å². The first kappa shape index (κ1) is 11.5.